The van der Waals surface area contributed by atoms with Gasteiger partial charge in [0.2, 0.25) is 5.91 Å². The monoisotopic (exact) mass is 540 g/mol. The average molecular weight is 541 g/mol. The summed E-state index contributed by atoms with van der Waals surface area (Å²) in [4.78, 5) is 38.9. The van der Waals surface area contributed by atoms with E-state index in [1.54, 1.807) is 25.3 Å². The standard InChI is InChI=1S/C22H25ClN4O10/c1-11-20(16-10-34-21(15(16)8-24-11)12-2-4-14(23)5-3-12)35-19(28)9-25-22(29)13-6-17(36-26(30)31)18(7-13)37-27(32)33/h2-5,8,13,17-18,21,30-33H,6-7,9-10H2,1H3,(H,25,29)/t13?,17-,18+,21-/m0/s1. The van der Waals surface area contributed by atoms with E-state index in [0.717, 1.165) is 11.1 Å². The molecule has 1 amide bonds. The van der Waals surface area contributed by atoms with Crippen LogP contribution in [0.3, 0.4) is 0 Å². The molecule has 1 fully saturated rings. The lowest BCUT2D eigenvalue weighted by Gasteiger charge is -2.20. The van der Waals surface area contributed by atoms with Crippen LogP contribution in [0.2, 0.25) is 5.02 Å². The molecule has 2 aliphatic rings. The van der Waals surface area contributed by atoms with Gasteiger partial charge in [-0.2, -0.15) is 0 Å². The number of hydrogen-bond acceptors (Lipinski definition) is 13. The van der Waals surface area contributed by atoms with E-state index in [0.29, 0.717) is 16.3 Å². The second kappa shape index (κ2) is 11.7. The molecule has 0 bridgehead atoms. The summed E-state index contributed by atoms with van der Waals surface area (Å²) in [6, 6.07) is 7.19. The van der Waals surface area contributed by atoms with Gasteiger partial charge in [0.1, 0.15) is 24.9 Å². The molecule has 14 nitrogen and oxygen atoms in total. The zero-order valence-corrected chi connectivity index (χ0v) is 20.2. The first kappa shape index (κ1) is 27.3. The maximum Gasteiger partial charge on any atom is 0.330 e. The molecule has 2 aromatic rings. The first-order chi connectivity index (χ1) is 17.6. The van der Waals surface area contributed by atoms with Gasteiger partial charge in [-0.15, -0.1) is 0 Å². The van der Waals surface area contributed by atoms with Crippen molar-refractivity contribution in [3.8, 4) is 5.75 Å². The van der Waals surface area contributed by atoms with E-state index < -0.39 is 53.4 Å². The van der Waals surface area contributed by atoms with Crippen molar-refractivity contribution in [2.45, 2.75) is 44.7 Å². The highest BCUT2D eigenvalue weighted by Gasteiger charge is 2.42. The number of ether oxygens (including phenoxy) is 2. The van der Waals surface area contributed by atoms with Crippen molar-refractivity contribution in [2.24, 2.45) is 5.92 Å². The number of rotatable bonds is 9. The van der Waals surface area contributed by atoms with Gasteiger partial charge >= 0.3 is 5.97 Å². The summed E-state index contributed by atoms with van der Waals surface area (Å²) in [6.45, 7) is 1.42. The van der Waals surface area contributed by atoms with Gasteiger partial charge in [-0.05, 0) is 37.5 Å². The number of nitrogens with zero attached hydrogens (tertiary/aromatic N) is 3. The van der Waals surface area contributed by atoms with E-state index in [1.165, 1.54) is 0 Å². The third kappa shape index (κ3) is 6.58. The van der Waals surface area contributed by atoms with E-state index >= 15 is 0 Å². The van der Waals surface area contributed by atoms with Gasteiger partial charge < -0.3 is 14.8 Å². The Labute approximate surface area is 215 Å². The molecule has 1 aliphatic heterocycles. The van der Waals surface area contributed by atoms with E-state index in [1.807, 2.05) is 12.1 Å². The largest absolute Gasteiger partial charge is 0.423 e. The fraction of sp³-hybridized carbons (Fsp3) is 0.409. The third-order valence-corrected chi connectivity index (χ3v) is 6.35. The summed E-state index contributed by atoms with van der Waals surface area (Å²) in [5.74, 6) is -1.84. The fourth-order valence-electron chi connectivity index (χ4n) is 4.42. The van der Waals surface area contributed by atoms with E-state index in [9.17, 15) is 9.59 Å². The van der Waals surface area contributed by atoms with Crippen molar-refractivity contribution < 1.29 is 49.6 Å². The molecule has 5 N–H and O–H groups in total. The molecule has 1 aliphatic carbocycles. The number of aryl methyl sites for hydroxylation is 1. The molecule has 1 aromatic carbocycles. The van der Waals surface area contributed by atoms with Gasteiger partial charge in [0, 0.05) is 28.3 Å². The van der Waals surface area contributed by atoms with Crippen LogP contribution in [-0.4, -0.2) is 67.2 Å². The highest BCUT2D eigenvalue weighted by Crippen LogP contribution is 2.41. The lowest BCUT2D eigenvalue weighted by atomic mass is 10.0. The van der Waals surface area contributed by atoms with Crippen LogP contribution in [0.5, 0.6) is 5.75 Å². The van der Waals surface area contributed by atoms with Crippen molar-refractivity contribution in [3.05, 3.63) is 57.9 Å². The zero-order valence-electron chi connectivity index (χ0n) is 19.5. The third-order valence-electron chi connectivity index (χ3n) is 6.10. The number of aromatic nitrogens is 1. The number of fused-ring (bicyclic) bond motifs is 1. The summed E-state index contributed by atoms with van der Waals surface area (Å²) < 4.78 is 11.5. The smallest absolute Gasteiger partial charge is 0.330 e. The molecule has 2 heterocycles. The minimum absolute atomic E-state index is 0.0599. The Morgan fingerprint density at radius 1 is 1.11 bits per heavy atom. The van der Waals surface area contributed by atoms with Crippen LogP contribution in [-0.2, 0) is 30.6 Å². The SMILES string of the molecule is Cc1ncc2c(c1OC(=O)CNC(=O)C1C[C@H](ON(O)O)[C@H](ON(O)O)C1)CO[C@H]2c1ccc(Cl)cc1. The first-order valence-electron chi connectivity index (χ1n) is 11.2. The highest BCUT2D eigenvalue weighted by molar-refractivity contribution is 6.30. The number of hydrogen-bond donors (Lipinski definition) is 5. The summed E-state index contributed by atoms with van der Waals surface area (Å²) in [6.07, 6.45) is -1.02. The lowest BCUT2D eigenvalue weighted by Crippen LogP contribution is -2.36. The number of nitrogens with one attached hydrogen (secondary N) is 1. The number of carbonyl (C=O) groups excluding carboxylic acids is 2. The molecule has 15 heteroatoms. The Morgan fingerprint density at radius 3 is 2.32 bits per heavy atom. The van der Waals surface area contributed by atoms with Crippen LogP contribution in [0, 0.1) is 12.8 Å². The number of benzene rings is 1. The normalized spacial score (nSPS) is 22.9. The topological polar surface area (TPSA) is 183 Å². The molecule has 37 heavy (non-hydrogen) atoms. The highest BCUT2D eigenvalue weighted by atomic mass is 35.5. The number of halogens is 1. The van der Waals surface area contributed by atoms with Crippen LogP contribution in [0.1, 0.15) is 41.3 Å². The number of esters is 1. The molecular formula is C22H25ClN4O10. The molecule has 1 saturated carbocycles. The van der Waals surface area contributed by atoms with Crippen molar-refractivity contribution in [1.29, 1.82) is 0 Å². The van der Waals surface area contributed by atoms with E-state index in [4.69, 9.17) is 41.9 Å². The number of amides is 1. The predicted octanol–water partition coefficient (Wildman–Crippen LogP) is 1.86. The minimum atomic E-state index is -1.09. The molecule has 0 radical (unpaired) electrons. The van der Waals surface area contributed by atoms with Gasteiger partial charge in [0.25, 0.3) is 0 Å². The zero-order chi connectivity index (χ0) is 26.7. The van der Waals surface area contributed by atoms with Crippen molar-refractivity contribution in [1.82, 2.24) is 21.1 Å². The second-order valence-corrected chi connectivity index (χ2v) is 8.94. The Hall–Kier alpha value is -2.76. The molecule has 4 atom stereocenters. The van der Waals surface area contributed by atoms with Gasteiger partial charge in [-0.25, -0.2) is 14.5 Å². The average Bonchev–Trinajstić information content (AvgIpc) is 3.43. The Bertz CT molecular complexity index is 1120. The summed E-state index contributed by atoms with van der Waals surface area (Å²) >= 11 is 5.97. The van der Waals surface area contributed by atoms with E-state index in [2.05, 4.69) is 20.0 Å². The van der Waals surface area contributed by atoms with Crippen LogP contribution < -0.4 is 10.1 Å². The van der Waals surface area contributed by atoms with Crippen LogP contribution >= 0.6 is 11.6 Å². The van der Waals surface area contributed by atoms with Crippen LogP contribution in [0.15, 0.2) is 30.5 Å². The summed E-state index contributed by atoms with van der Waals surface area (Å²) in [5, 5.41) is 37.4. The molecule has 1 aromatic heterocycles. The summed E-state index contributed by atoms with van der Waals surface area (Å²) in [5.41, 5.74) is 2.78. The van der Waals surface area contributed by atoms with Crippen LogP contribution in [0.25, 0.3) is 0 Å². The van der Waals surface area contributed by atoms with Gasteiger partial charge in [0.05, 0.1) is 23.1 Å². The minimum Gasteiger partial charge on any atom is -0.423 e. The molecule has 0 spiro atoms. The Kier molecular flexibility index (Phi) is 8.66. The second-order valence-electron chi connectivity index (χ2n) is 8.50. The van der Waals surface area contributed by atoms with Gasteiger partial charge in [-0.3, -0.25) is 30.6 Å². The molecule has 200 valence electrons. The molecule has 0 saturated heterocycles. The van der Waals surface area contributed by atoms with Gasteiger partial charge in [0.15, 0.2) is 5.75 Å². The molecular weight excluding hydrogens is 516 g/mol. The first-order valence-corrected chi connectivity index (χ1v) is 11.5. The maximum absolute atomic E-state index is 12.6. The molecule has 4 rings (SSSR count). The quantitative estimate of drug-likeness (QED) is 0.229. The Balaban J connectivity index is 1.37. The van der Waals surface area contributed by atoms with Crippen molar-refractivity contribution >= 4 is 23.5 Å². The Morgan fingerprint density at radius 2 is 1.73 bits per heavy atom. The number of carbonyl (C=O) groups is 2. The lowest BCUT2D eigenvalue weighted by molar-refractivity contribution is -0.535. The maximum atomic E-state index is 12.6. The predicted molar refractivity (Wildman–Crippen MR) is 119 cm³/mol. The summed E-state index contributed by atoms with van der Waals surface area (Å²) in [7, 11) is 0. The number of pyridine rings is 1. The van der Waals surface area contributed by atoms with Crippen molar-refractivity contribution in [3.63, 3.8) is 0 Å². The fourth-order valence-corrected chi connectivity index (χ4v) is 4.55. The van der Waals surface area contributed by atoms with Crippen molar-refractivity contribution in [2.75, 3.05) is 6.54 Å². The van der Waals surface area contributed by atoms with Crippen LogP contribution in [0.4, 0.5) is 0 Å². The van der Waals surface area contributed by atoms with E-state index in [-0.39, 0.29) is 25.2 Å². The molecule has 1 unspecified atom stereocenters. The van der Waals surface area contributed by atoms with Gasteiger partial charge in [-0.1, -0.05) is 23.7 Å².